The fraction of sp³-hybridized carbons (Fsp3) is 1.00. The quantitative estimate of drug-likeness (QED) is 0.525. The molecule has 48 valence electrons. The third-order valence-corrected chi connectivity index (χ3v) is 1.72. The zero-order chi connectivity index (χ0) is 6.20. The van der Waals surface area contributed by atoms with Crippen molar-refractivity contribution in [1.29, 1.82) is 0 Å². The first-order chi connectivity index (χ1) is 3.75. The van der Waals surface area contributed by atoms with Crippen molar-refractivity contribution < 1.29 is 14.6 Å². The van der Waals surface area contributed by atoms with Gasteiger partial charge in [0.15, 0.2) is 0 Å². The first kappa shape index (κ1) is 5.98. The number of aliphatic hydroxyl groups is 2. The number of halogens is 1. The summed E-state index contributed by atoms with van der Waals surface area (Å²) in [5.74, 6) is 0. The minimum atomic E-state index is -0.975. The van der Waals surface area contributed by atoms with E-state index in [0.717, 1.165) is 0 Å². The van der Waals surface area contributed by atoms with E-state index in [1.54, 1.807) is 0 Å². The van der Waals surface area contributed by atoms with Crippen LogP contribution in [0.3, 0.4) is 0 Å². The van der Waals surface area contributed by atoms with Gasteiger partial charge in [-0.15, -0.1) is 0 Å². The molecule has 0 aromatic carbocycles. The standard InChI is InChI=1S/C5H9FO2/c6-4-1-5(4,2-7)3-8/h4,7-8H,1-3H2/t4-/m1/s1. The Labute approximate surface area is 46.9 Å². The van der Waals surface area contributed by atoms with Gasteiger partial charge in [0.05, 0.1) is 18.6 Å². The minimum absolute atomic E-state index is 0.231. The lowest BCUT2D eigenvalue weighted by atomic mass is 10.1. The summed E-state index contributed by atoms with van der Waals surface area (Å²) in [5, 5.41) is 16.9. The minimum Gasteiger partial charge on any atom is -0.396 e. The van der Waals surface area contributed by atoms with Gasteiger partial charge in [-0.05, 0) is 6.42 Å². The Balaban J connectivity index is 2.39. The van der Waals surface area contributed by atoms with Gasteiger partial charge >= 0.3 is 0 Å². The lowest BCUT2D eigenvalue weighted by Gasteiger charge is -2.03. The van der Waals surface area contributed by atoms with Gasteiger partial charge in [0.1, 0.15) is 6.17 Å². The molecule has 1 fully saturated rings. The summed E-state index contributed by atoms with van der Waals surface area (Å²) in [4.78, 5) is 0. The molecule has 1 aliphatic rings. The van der Waals surface area contributed by atoms with Crippen LogP contribution in [0, 0.1) is 5.41 Å². The third-order valence-electron chi connectivity index (χ3n) is 1.72. The van der Waals surface area contributed by atoms with Crippen molar-refractivity contribution in [2.75, 3.05) is 13.2 Å². The van der Waals surface area contributed by atoms with Crippen molar-refractivity contribution in [1.82, 2.24) is 0 Å². The van der Waals surface area contributed by atoms with E-state index in [2.05, 4.69) is 0 Å². The van der Waals surface area contributed by atoms with Crippen LogP contribution in [0.1, 0.15) is 6.42 Å². The molecule has 1 aliphatic carbocycles. The van der Waals surface area contributed by atoms with Crippen LogP contribution < -0.4 is 0 Å². The highest BCUT2D eigenvalue weighted by atomic mass is 19.1. The van der Waals surface area contributed by atoms with Crippen molar-refractivity contribution >= 4 is 0 Å². The van der Waals surface area contributed by atoms with Gasteiger partial charge < -0.3 is 10.2 Å². The second kappa shape index (κ2) is 1.67. The van der Waals surface area contributed by atoms with Gasteiger partial charge in [0.2, 0.25) is 0 Å². The number of hydrogen-bond donors (Lipinski definition) is 2. The zero-order valence-electron chi connectivity index (χ0n) is 4.47. The number of rotatable bonds is 2. The maximum atomic E-state index is 12.1. The Bertz CT molecular complexity index is 84.9. The molecule has 0 aromatic rings. The van der Waals surface area contributed by atoms with E-state index in [1.807, 2.05) is 0 Å². The maximum Gasteiger partial charge on any atom is 0.111 e. The van der Waals surface area contributed by atoms with E-state index in [4.69, 9.17) is 10.2 Å². The molecule has 0 amide bonds. The predicted octanol–water partition coefficient (Wildman–Crippen LogP) is -0.301. The SMILES string of the molecule is OCC1(CO)C[C@H]1F. The maximum absolute atomic E-state index is 12.1. The largest absolute Gasteiger partial charge is 0.396 e. The first-order valence-corrected chi connectivity index (χ1v) is 2.61. The second-order valence-corrected chi connectivity index (χ2v) is 2.35. The Kier molecular flexibility index (Phi) is 1.25. The van der Waals surface area contributed by atoms with E-state index < -0.39 is 11.6 Å². The van der Waals surface area contributed by atoms with Crippen LogP contribution in [0.15, 0.2) is 0 Å². The molecule has 0 spiro atoms. The third kappa shape index (κ3) is 0.624. The van der Waals surface area contributed by atoms with Crippen molar-refractivity contribution in [3.05, 3.63) is 0 Å². The Morgan fingerprint density at radius 1 is 1.50 bits per heavy atom. The van der Waals surface area contributed by atoms with Crippen LogP contribution in [-0.4, -0.2) is 29.6 Å². The number of hydrogen-bond acceptors (Lipinski definition) is 2. The molecule has 0 bridgehead atoms. The van der Waals surface area contributed by atoms with Gasteiger partial charge in [0.25, 0.3) is 0 Å². The summed E-state index contributed by atoms with van der Waals surface area (Å²) in [5.41, 5.74) is -0.764. The molecular weight excluding hydrogens is 111 g/mol. The highest BCUT2D eigenvalue weighted by Crippen LogP contribution is 2.47. The molecule has 0 aliphatic heterocycles. The molecule has 1 atom stereocenters. The lowest BCUT2D eigenvalue weighted by molar-refractivity contribution is 0.113. The molecule has 3 heteroatoms. The Hall–Kier alpha value is -0.150. The van der Waals surface area contributed by atoms with E-state index in [1.165, 1.54) is 0 Å². The van der Waals surface area contributed by atoms with E-state index in [0.29, 0.717) is 6.42 Å². The van der Waals surface area contributed by atoms with Crippen LogP contribution >= 0.6 is 0 Å². The predicted molar refractivity (Wildman–Crippen MR) is 26.1 cm³/mol. The molecule has 0 saturated heterocycles. The van der Waals surface area contributed by atoms with E-state index in [9.17, 15) is 4.39 Å². The molecule has 0 radical (unpaired) electrons. The van der Waals surface area contributed by atoms with Gasteiger partial charge in [-0.1, -0.05) is 0 Å². The first-order valence-electron chi connectivity index (χ1n) is 2.61. The number of aliphatic hydroxyl groups excluding tert-OH is 2. The van der Waals surface area contributed by atoms with Crippen molar-refractivity contribution in [3.8, 4) is 0 Å². The monoisotopic (exact) mass is 120 g/mol. The smallest absolute Gasteiger partial charge is 0.111 e. The molecule has 1 rings (SSSR count). The van der Waals surface area contributed by atoms with Crippen LogP contribution in [0.4, 0.5) is 4.39 Å². The zero-order valence-corrected chi connectivity index (χ0v) is 4.47. The highest BCUT2D eigenvalue weighted by Gasteiger charge is 2.54. The second-order valence-electron chi connectivity index (χ2n) is 2.35. The van der Waals surface area contributed by atoms with Gasteiger partial charge in [-0.25, -0.2) is 4.39 Å². The van der Waals surface area contributed by atoms with Gasteiger partial charge in [0, 0.05) is 0 Å². The molecular formula is C5H9FO2. The molecule has 0 aromatic heterocycles. The van der Waals surface area contributed by atoms with Crippen molar-refractivity contribution in [2.24, 2.45) is 5.41 Å². The molecule has 2 N–H and O–H groups in total. The fourth-order valence-electron chi connectivity index (χ4n) is 0.675. The van der Waals surface area contributed by atoms with E-state index in [-0.39, 0.29) is 13.2 Å². The molecule has 8 heavy (non-hydrogen) atoms. The fourth-order valence-corrected chi connectivity index (χ4v) is 0.675. The van der Waals surface area contributed by atoms with Crippen LogP contribution in [0.2, 0.25) is 0 Å². The molecule has 1 saturated carbocycles. The van der Waals surface area contributed by atoms with Crippen LogP contribution in [0.5, 0.6) is 0 Å². The van der Waals surface area contributed by atoms with Crippen molar-refractivity contribution in [2.45, 2.75) is 12.6 Å². The summed E-state index contributed by atoms with van der Waals surface area (Å²) in [6.45, 7) is -0.463. The lowest BCUT2D eigenvalue weighted by Crippen LogP contribution is -2.14. The average Bonchev–Trinajstić information content (AvgIpc) is 2.43. The Morgan fingerprint density at radius 3 is 1.88 bits per heavy atom. The summed E-state index contributed by atoms with van der Waals surface area (Å²) in [7, 11) is 0. The summed E-state index contributed by atoms with van der Waals surface area (Å²) in [6, 6.07) is 0. The van der Waals surface area contributed by atoms with Crippen LogP contribution in [0.25, 0.3) is 0 Å². The average molecular weight is 120 g/mol. The topological polar surface area (TPSA) is 40.5 Å². The molecule has 0 unspecified atom stereocenters. The summed E-state index contributed by atoms with van der Waals surface area (Å²) in [6.07, 6.45) is -0.655. The summed E-state index contributed by atoms with van der Waals surface area (Å²) < 4.78 is 12.1. The van der Waals surface area contributed by atoms with Crippen LogP contribution in [-0.2, 0) is 0 Å². The number of alkyl halides is 1. The van der Waals surface area contributed by atoms with E-state index >= 15 is 0 Å². The Morgan fingerprint density at radius 2 is 1.88 bits per heavy atom. The highest BCUT2D eigenvalue weighted by molar-refractivity contribution is 5.02. The molecule has 2 nitrogen and oxygen atoms in total. The van der Waals surface area contributed by atoms with Gasteiger partial charge in [-0.2, -0.15) is 0 Å². The summed E-state index contributed by atoms with van der Waals surface area (Å²) >= 11 is 0. The van der Waals surface area contributed by atoms with Gasteiger partial charge in [-0.3, -0.25) is 0 Å². The van der Waals surface area contributed by atoms with Crippen molar-refractivity contribution in [3.63, 3.8) is 0 Å². The molecule has 0 heterocycles. The normalized spacial score (nSPS) is 32.6.